The molecule has 1 atom stereocenters. The standard InChI is InChI=1S/C16H38O3Si2.C2H6.CH4/c1-10-11-12-13-14-20(6,7)18-16(3,4)19-21(8,9)15(2)17-5;1-2;/h15H,10-14H2,1-9H3;1-2H3;1H4. The Labute approximate surface area is 156 Å². The molecule has 0 aromatic rings. The topological polar surface area (TPSA) is 27.7 Å². The third kappa shape index (κ3) is 13.6. The van der Waals surface area contributed by atoms with E-state index in [1.165, 1.54) is 31.7 Å². The van der Waals surface area contributed by atoms with E-state index in [1.54, 1.807) is 7.11 Å². The second-order valence-electron chi connectivity index (χ2n) is 7.66. The Bertz CT molecular complexity index is 292. The minimum atomic E-state index is -1.91. The van der Waals surface area contributed by atoms with Gasteiger partial charge in [0.15, 0.2) is 8.32 Å². The van der Waals surface area contributed by atoms with Crippen LogP contribution in [0.15, 0.2) is 0 Å². The van der Waals surface area contributed by atoms with E-state index >= 15 is 0 Å². The van der Waals surface area contributed by atoms with E-state index in [1.807, 2.05) is 13.8 Å². The minimum absolute atomic E-state index is 0. The Kier molecular flexibility index (Phi) is 16.4. The van der Waals surface area contributed by atoms with Gasteiger partial charge in [-0.2, -0.15) is 0 Å². The number of ether oxygens (including phenoxy) is 1. The zero-order chi connectivity index (χ0) is 18.7. The number of methoxy groups -OCH3 is 1. The molecule has 0 saturated heterocycles. The van der Waals surface area contributed by atoms with Crippen LogP contribution in [0.4, 0.5) is 0 Å². The van der Waals surface area contributed by atoms with Crippen LogP contribution >= 0.6 is 0 Å². The van der Waals surface area contributed by atoms with Gasteiger partial charge in [-0.3, -0.25) is 0 Å². The average molecular weight is 381 g/mol. The van der Waals surface area contributed by atoms with Crippen LogP contribution in [0.25, 0.3) is 0 Å². The molecule has 0 bridgehead atoms. The molecule has 5 heteroatoms. The summed E-state index contributed by atoms with van der Waals surface area (Å²) in [5, 5.41) is 0. The summed E-state index contributed by atoms with van der Waals surface area (Å²) in [4.78, 5) is 0. The van der Waals surface area contributed by atoms with Gasteiger partial charge in [-0.05, 0) is 53.0 Å². The number of hydrogen-bond acceptors (Lipinski definition) is 3. The summed E-state index contributed by atoms with van der Waals surface area (Å²) in [5.41, 5.74) is 0.162. The summed E-state index contributed by atoms with van der Waals surface area (Å²) in [7, 11) is -1.83. The summed E-state index contributed by atoms with van der Waals surface area (Å²) in [6.45, 7) is 21.5. The molecule has 0 aliphatic carbocycles. The smallest absolute Gasteiger partial charge is 0.218 e. The van der Waals surface area contributed by atoms with Gasteiger partial charge in [0.05, 0.1) is 5.73 Å². The monoisotopic (exact) mass is 380 g/mol. The summed E-state index contributed by atoms with van der Waals surface area (Å²) in [6.07, 6.45) is 5.21. The molecular weight excluding hydrogens is 332 g/mol. The maximum Gasteiger partial charge on any atom is 0.218 e. The fourth-order valence-electron chi connectivity index (χ4n) is 2.72. The summed E-state index contributed by atoms with van der Waals surface area (Å²) < 4.78 is 18.3. The third-order valence-electron chi connectivity index (χ3n) is 4.00. The first-order valence-electron chi connectivity index (χ1n) is 9.39. The van der Waals surface area contributed by atoms with Crippen molar-refractivity contribution in [2.24, 2.45) is 0 Å². The molecular formula is C19H48O3Si2. The lowest BCUT2D eigenvalue weighted by Gasteiger charge is -2.41. The van der Waals surface area contributed by atoms with Crippen molar-refractivity contribution in [1.82, 2.24) is 0 Å². The Balaban J connectivity index is -0.00000141. The molecule has 0 spiro atoms. The lowest BCUT2D eigenvalue weighted by atomic mass is 10.2. The van der Waals surface area contributed by atoms with Crippen LogP contribution in [0.5, 0.6) is 0 Å². The van der Waals surface area contributed by atoms with Crippen molar-refractivity contribution in [2.45, 2.75) is 118 Å². The van der Waals surface area contributed by atoms with E-state index in [2.05, 4.69) is 53.9 Å². The predicted octanol–water partition coefficient (Wildman–Crippen LogP) is 6.98. The number of hydrogen-bond donors (Lipinski definition) is 0. The average Bonchev–Trinajstić information content (AvgIpc) is 2.42. The first-order valence-corrected chi connectivity index (χ1v) is 15.5. The zero-order valence-electron chi connectivity index (χ0n) is 17.8. The largest absolute Gasteiger partial charge is 0.392 e. The van der Waals surface area contributed by atoms with Gasteiger partial charge in [0.25, 0.3) is 0 Å². The van der Waals surface area contributed by atoms with E-state index in [0.717, 1.165) is 0 Å². The number of rotatable bonds is 11. The SMILES string of the molecule is C.CC.CCCCCC[Si](C)(C)OC(C)(C)O[Si](C)(C)C(C)OC. The van der Waals surface area contributed by atoms with E-state index in [0.29, 0.717) is 0 Å². The van der Waals surface area contributed by atoms with Gasteiger partial charge in [0.1, 0.15) is 5.79 Å². The van der Waals surface area contributed by atoms with Gasteiger partial charge in [-0.15, -0.1) is 0 Å². The highest BCUT2D eigenvalue weighted by Crippen LogP contribution is 2.28. The second kappa shape index (κ2) is 13.5. The van der Waals surface area contributed by atoms with Crippen molar-refractivity contribution < 1.29 is 13.6 Å². The molecule has 0 aliphatic rings. The Morgan fingerprint density at radius 1 is 0.917 bits per heavy atom. The van der Waals surface area contributed by atoms with Crippen molar-refractivity contribution in [3.63, 3.8) is 0 Å². The van der Waals surface area contributed by atoms with Gasteiger partial charge in [-0.1, -0.05) is 53.9 Å². The quantitative estimate of drug-likeness (QED) is 0.220. The molecule has 0 aliphatic heterocycles. The van der Waals surface area contributed by atoms with Crippen LogP contribution < -0.4 is 0 Å². The molecule has 150 valence electrons. The maximum absolute atomic E-state index is 6.43. The molecule has 0 aromatic carbocycles. The maximum atomic E-state index is 6.43. The number of unbranched alkanes of at least 4 members (excludes halogenated alkanes) is 3. The Morgan fingerprint density at radius 3 is 1.83 bits per heavy atom. The van der Waals surface area contributed by atoms with Gasteiger partial charge in [0.2, 0.25) is 8.32 Å². The van der Waals surface area contributed by atoms with Crippen molar-refractivity contribution in [3.8, 4) is 0 Å². The molecule has 0 heterocycles. The minimum Gasteiger partial charge on any atom is -0.392 e. The highest BCUT2D eigenvalue weighted by atomic mass is 28.4. The first kappa shape index (κ1) is 29.1. The first-order chi connectivity index (χ1) is 10.5. The van der Waals surface area contributed by atoms with Gasteiger partial charge in [0, 0.05) is 7.11 Å². The molecule has 1 unspecified atom stereocenters. The Hall–Kier alpha value is 0.314. The summed E-state index contributed by atoms with van der Waals surface area (Å²) >= 11 is 0. The lowest BCUT2D eigenvalue weighted by molar-refractivity contribution is -0.102. The van der Waals surface area contributed by atoms with Gasteiger partial charge >= 0.3 is 0 Å². The molecule has 0 aromatic heterocycles. The predicted molar refractivity (Wildman–Crippen MR) is 115 cm³/mol. The normalized spacial score (nSPS) is 13.6. The molecule has 0 N–H and O–H groups in total. The van der Waals surface area contributed by atoms with Crippen molar-refractivity contribution in [1.29, 1.82) is 0 Å². The summed E-state index contributed by atoms with van der Waals surface area (Å²) in [6, 6.07) is 1.21. The van der Waals surface area contributed by atoms with Crippen LogP contribution in [0, 0.1) is 0 Å². The van der Waals surface area contributed by atoms with Crippen molar-refractivity contribution >= 4 is 16.6 Å². The van der Waals surface area contributed by atoms with Crippen molar-refractivity contribution in [3.05, 3.63) is 0 Å². The molecule has 0 fully saturated rings. The van der Waals surface area contributed by atoms with Gasteiger partial charge < -0.3 is 13.6 Å². The van der Waals surface area contributed by atoms with Crippen LogP contribution in [0.3, 0.4) is 0 Å². The van der Waals surface area contributed by atoms with Crippen LogP contribution in [-0.2, 0) is 13.6 Å². The van der Waals surface area contributed by atoms with E-state index in [-0.39, 0.29) is 13.2 Å². The summed E-state index contributed by atoms with van der Waals surface area (Å²) in [5.74, 6) is -0.511. The zero-order valence-corrected chi connectivity index (χ0v) is 19.8. The highest BCUT2D eigenvalue weighted by Gasteiger charge is 2.40. The van der Waals surface area contributed by atoms with Gasteiger partial charge in [-0.25, -0.2) is 0 Å². The fraction of sp³-hybridized carbons (Fsp3) is 1.00. The Morgan fingerprint density at radius 2 is 1.42 bits per heavy atom. The van der Waals surface area contributed by atoms with Crippen LogP contribution in [0.2, 0.25) is 32.2 Å². The fourth-order valence-corrected chi connectivity index (χ4v) is 7.42. The van der Waals surface area contributed by atoms with E-state index in [4.69, 9.17) is 13.6 Å². The third-order valence-corrected chi connectivity index (χ3v) is 9.81. The molecule has 24 heavy (non-hydrogen) atoms. The van der Waals surface area contributed by atoms with E-state index < -0.39 is 22.4 Å². The van der Waals surface area contributed by atoms with Crippen LogP contribution in [0.1, 0.15) is 74.7 Å². The van der Waals surface area contributed by atoms with E-state index in [9.17, 15) is 0 Å². The molecule has 0 rings (SSSR count). The molecule has 0 radical (unpaired) electrons. The van der Waals surface area contributed by atoms with Crippen LogP contribution in [-0.4, -0.2) is 35.3 Å². The van der Waals surface area contributed by atoms with Crippen molar-refractivity contribution in [2.75, 3.05) is 7.11 Å². The molecule has 3 nitrogen and oxygen atoms in total. The molecule has 0 amide bonds. The lowest BCUT2D eigenvalue weighted by Crippen LogP contribution is -2.53. The highest BCUT2D eigenvalue weighted by molar-refractivity contribution is 6.73. The second-order valence-corrected chi connectivity index (χ2v) is 16.1. The molecule has 0 saturated carbocycles.